The van der Waals surface area contributed by atoms with Crippen molar-refractivity contribution in [2.24, 2.45) is 17.6 Å². The number of nitrogens with zero attached hydrogens (tertiary/aromatic N) is 1. The van der Waals surface area contributed by atoms with E-state index in [0.717, 1.165) is 19.5 Å². The van der Waals surface area contributed by atoms with Gasteiger partial charge >= 0.3 is 0 Å². The molecule has 2 N–H and O–H groups in total. The molecular formula is C15H20ClFN2O. The fraction of sp³-hybridized carbons (Fsp3) is 0.533. The van der Waals surface area contributed by atoms with Crippen LogP contribution in [0.4, 0.5) is 4.39 Å². The fourth-order valence-electron chi connectivity index (χ4n) is 3.46. The van der Waals surface area contributed by atoms with Crippen molar-refractivity contribution in [2.75, 3.05) is 13.1 Å². The second kappa shape index (κ2) is 6.10. The lowest BCUT2D eigenvalue weighted by Crippen LogP contribution is -2.38. The van der Waals surface area contributed by atoms with Crippen LogP contribution in [0.3, 0.4) is 0 Å². The van der Waals surface area contributed by atoms with Gasteiger partial charge in [-0.15, -0.1) is 12.4 Å². The van der Waals surface area contributed by atoms with Gasteiger partial charge in [-0.25, -0.2) is 4.39 Å². The summed E-state index contributed by atoms with van der Waals surface area (Å²) >= 11 is 0. The Kier molecular flexibility index (Phi) is 4.66. The van der Waals surface area contributed by atoms with Crippen LogP contribution in [0.25, 0.3) is 0 Å². The molecule has 3 unspecified atom stereocenters. The Hall–Kier alpha value is -1.13. The van der Waals surface area contributed by atoms with E-state index in [4.69, 9.17) is 5.73 Å². The maximum atomic E-state index is 12.9. The number of halogens is 2. The number of hydrogen-bond donors (Lipinski definition) is 1. The number of fused-ring (bicyclic) bond motifs is 1. The first-order valence-electron chi connectivity index (χ1n) is 6.95. The molecule has 1 heterocycles. The van der Waals surface area contributed by atoms with Gasteiger partial charge in [0.2, 0.25) is 0 Å². The first-order valence-corrected chi connectivity index (χ1v) is 6.95. The molecule has 1 aromatic carbocycles. The van der Waals surface area contributed by atoms with Gasteiger partial charge in [0.25, 0.3) is 5.91 Å². The van der Waals surface area contributed by atoms with E-state index in [1.54, 1.807) is 12.1 Å². The van der Waals surface area contributed by atoms with E-state index in [2.05, 4.69) is 0 Å². The largest absolute Gasteiger partial charge is 0.338 e. The number of nitrogens with two attached hydrogens (primary N) is 1. The summed E-state index contributed by atoms with van der Waals surface area (Å²) in [5.41, 5.74) is 6.72. The lowest BCUT2D eigenvalue weighted by Gasteiger charge is -2.29. The van der Waals surface area contributed by atoms with Gasteiger partial charge in [0, 0.05) is 24.7 Å². The number of amides is 1. The highest BCUT2D eigenvalue weighted by molar-refractivity contribution is 5.94. The van der Waals surface area contributed by atoms with Gasteiger partial charge in [-0.1, -0.05) is 6.42 Å². The molecule has 0 spiro atoms. The SMILES string of the molecule is Cl.NC1CCCC2CN(C(=O)c3ccc(F)cc3)CC12. The van der Waals surface area contributed by atoms with Crippen LogP contribution in [0, 0.1) is 17.7 Å². The van der Waals surface area contributed by atoms with Crippen LogP contribution in [0.15, 0.2) is 24.3 Å². The molecule has 3 nitrogen and oxygen atoms in total. The van der Waals surface area contributed by atoms with Gasteiger partial charge in [-0.05, 0) is 48.9 Å². The fourth-order valence-corrected chi connectivity index (χ4v) is 3.46. The number of carbonyl (C=O) groups is 1. The van der Waals surface area contributed by atoms with Crippen LogP contribution in [0.1, 0.15) is 29.6 Å². The summed E-state index contributed by atoms with van der Waals surface area (Å²) < 4.78 is 12.9. The van der Waals surface area contributed by atoms with Crippen LogP contribution >= 0.6 is 12.4 Å². The molecule has 2 aliphatic rings. The lowest BCUT2D eigenvalue weighted by molar-refractivity contribution is 0.0783. The zero-order chi connectivity index (χ0) is 13.4. The molecule has 0 aromatic heterocycles. The predicted octanol–water partition coefficient (Wildman–Crippen LogP) is 2.45. The van der Waals surface area contributed by atoms with E-state index in [0.29, 0.717) is 17.4 Å². The predicted molar refractivity (Wildman–Crippen MR) is 78.4 cm³/mol. The molecule has 0 radical (unpaired) electrons. The lowest BCUT2D eigenvalue weighted by atomic mass is 9.78. The molecule has 5 heteroatoms. The highest BCUT2D eigenvalue weighted by Gasteiger charge is 2.40. The third-order valence-electron chi connectivity index (χ3n) is 4.53. The zero-order valence-corrected chi connectivity index (χ0v) is 12.1. The molecule has 2 fully saturated rings. The van der Waals surface area contributed by atoms with Crippen molar-refractivity contribution in [2.45, 2.75) is 25.3 Å². The molecule has 110 valence electrons. The quantitative estimate of drug-likeness (QED) is 0.865. The van der Waals surface area contributed by atoms with E-state index in [-0.39, 0.29) is 30.2 Å². The first-order chi connectivity index (χ1) is 9.15. The molecule has 0 bridgehead atoms. The number of carbonyl (C=O) groups excluding carboxylic acids is 1. The summed E-state index contributed by atoms with van der Waals surface area (Å²) in [5, 5.41) is 0. The molecule has 1 aliphatic heterocycles. The van der Waals surface area contributed by atoms with Gasteiger partial charge in [0.1, 0.15) is 5.82 Å². The molecule has 1 amide bonds. The van der Waals surface area contributed by atoms with Gasteiger partial charge in [-0.2, -0.15) is 0 Å². The summed E-state index contributed by atoms with van der Waals surface area (Å²) in [6.07, 6.45) is 3.41. The Morgan fingerprint density at radius 1 is 1.20 bits per heavy atom. The highest BCUT2D eigenvalue weighted by atomic mass is 35.5. The van der Waals surface area contributed by atoms with Gasteiger partial charge < -0.3 is 10.6 Å². The van der Waals surface area contributed by atoms with Crippen LogP contribution in [0.2, 0.25) is 0 Å². The van der Waals surface area contributed by atoms with E-state index in [1.165, 1.54) is 25.0 Å². The number of rotatable bonds is 1. The van der Waals surface area contributed by atoms with Gasteiger partial charge in [0.05, 0.1) is 0 Å². The first kappa shape index (κ1) is 15.3. The summed E-state index contributed by atoms with van der Waals surface area (Å²) in [6, 6.07) is 6.01. The minimum absolute atomic E-state index is 0. The van der Waals surface area contributed by atoms with E-state index < -0.39 is 0 Å². The van der Waals surface area contributed by atoms with Crippen LogP contribution in [-0.2, 0) is 0 Å². The standard InChI is InChI=1S/C15H19FN2O.ClH/c16-12-6-4-10(5-7-12)15(19)18-8-11-2-1-3-14(17)13(11)9-18;/h4-7,11,13-14H,1-3,8-9,17H2;1H. The van der Waals surface area contributed by atoms with Crippen molar-refractivity contribution in [3.05, 3.63) is 35.6 Å². The second-order valence-electron chi connectivity index (χ2n) is 5.74. The normalized spacial score (nSPS) is 28.7. The third-order valence-corrected chi connectivity index (χ3v) is 4.53. The van der Waals surface area contributed by atoms with Crippen molar-refractivity contribution < 1.29 is 9.18 Å². The molecule has 3 atom stereocenters. The number of benzene rings is 1. The molecule has 1 saturated heterocycles. The summed E-state index contributed by atoms with van der Waals surface area (Å²) in [4.78, 5) is 14.3. The molecule has 1 saturated carbocycles. The Morgan fingerprint density at radius 3 is 2.55 bits per heavy atom. The van der Waals surface area contributed by atoms with Crippen LogP contribution in [-0.4, -0.2) is 29.9 Å². The van der Waals surface area contributed by atoms with Crippen molar-refractivity contribution in [3.8, 4) is 0 Å². The smallest absolute Gasteiger partial charge is 0.253 e. The summed E-state index contributed by atoms with van der Waals surface area (Å²) in [5.74, 6) is 0.682. The Balaban J connectivity index is 0.00000147. The Bertz CT molecular complexity index is 479. The average molecular weight is 299 g/mol. The van der Waals surface area contributed by atoms with Gasteiger partial charge in [-0.3, -0.25) is 4.79 Å². The number of likely N-dealkylation sites (tertiary alicyclic amines) is 1. The molecule has 20 heavy (non-hydrogen) atoms. The van der Waals surface area contributed by atoms with Crippen LogP contribution < -0.4 is 5.73 Å². The average Bonchev–Trinajstić information content (AvgIpc) is 2.84. The van der Waals surface area contributed by atoms with E-state index in [9.17, 15) is 9.18 Å². The number of hydrogen-bond acceptors (Lipinski definition) is 2. The van der Waals surface area contributed by atoms with Crippen molar-refractivity contribution in [3.63, 3.8) is 0 Å². The monoisotopic (exact) mass is 298 g/mol. The minimum atomic E-state index is -0.311. The maximum Gasteiger partial charge on any atom is 0.253 e. The zero-order valence-electron chi connectivity index (χ0n) is 11.3. The summed E-state index contributed by atoms with van der Waals surface area (Å²) in [6.45, 7) is 1.55. The minimum Gasteiger partial charge on any atom is -0.338 e. The Morgan fingerprint density at radius 2 is 1.90 bits per heavy atom. The molecule has 1 aliphatic carbocycles. The topological polar surface area (TPSA) is 46.3 Å². The summed E-state index contributed by atoms with van der Waals surface area (Å²) in [7, 11) is 0. The molecular weight excluding hydrogens is 279 g/mol. The Labute approximate surface area is 124 Å². The highest BCUT2D eigenvalue weighted by Crippen LogP contribution is 2.35. The molecule has 1 aromatic rings. The second-order valence-corrected chi connectivity index (χ2v) is 5.74. The molecule has 3 rings (SSSR count). The van der Waals surface area contributed by atoms with Crippen molar-refractivity contribution in [1.29, 1.82) is 0 Å². The van der Waals surface area contributed by atoms with Crippen molar-refractivity contribution in [1.82, 2.24) is 4.90 Å². The van der Waals surface area contributed by atoms with Gasteiger partial charge in [0.15, 0.2) is 0 Å². The van der Waals surface area contributed by atoms with E-state index >= 15 is 0 Å². The van der Waals surface area contributed by atoms with E-state index in [1.807, 2.05) is 4.90 Å². The maximum absolute atomic E-state index is 12.9. The van der Waals surface area contributed by atoms with Crippen LogP contribution in [0.5, 0.6) is 0 Å². The van der Waals surface area contributed by atoms with Crippen molar-refractivity contribution >= 4 is 18.3 Å². The third kappa shape index (κ3) is 2.81.